The van der Waals surface area contributed by atoms with E-state index in [1.807, 2.05) is 13.0 Å². The molecule has 0 rings (SSSR count). The van der Waals surface area contributed by atoms with Crippen molar-refractivity contribution in [2.45, 2.75) is 33.6 Å². The zero-order valence-electron chi connectivity index (χ0n) is 9.38. The van der Waals surface area contributed by atoms with Crippen LogP contribution in [0.15, 0.2) is 29.3 Å². The number of nitrogens with zero attached hydrogens (tertiary/aromatic N) is 1. The number of aliphatic imine (C=N–C) groups is 1. The van der Waals surface area contributed by atoms with Gasteiger partial charge in [-0.25, -0.2) is 4.99 Å². The third kappa shape index (κ3) is 4.17. The van der Waals surface area contributed by atoms with Crippen molar-refractivity contribution in [1.82, 2.24) is 0 Å². The molecule has 0 aromatic rings. The number of rotatable bonds is 6. The summed E-state index contributed by atoms with van der Waals surface area (Å²) in [5.41, 5.74) is 2.10. The molecule has 14 heavy (non-hydrogen) atoms. The molecule has 1 unspecified atom stereocenters. The summed E-state index contributed by atoms with van der Waals surface area (Å²) in [6, 6.07) is 0. The molecule has 2 heteroatoms. The van der Waals surface area contributed by atoms with Gasteiger partial charge in [-0.3, -0.25) is 5.41 Å². The molecule has 0 aliphatic rings. The van der Waals surface area contributed by atoms with E-state index < -0.39 is 0 Å². The molecule has 0 saturated heterocycles. The van der Waals surface area contributed by atoms with Gasteiger partial charge in [0.05, 0.1) is 0 Å². The Morgan fingerprint density at radius 2 is 2.21 bits per heavy atom. The van der Waals surface area contributed by atoms with Crippen LogP contribution in [0, 0.1) is 11.3 Å². The van der Waals surface area contributed by atoms with Gasteiger partial charge in [0.15, 0.2) is 0 Å². The van der Waals surface area contributed by atoms with E-state index in [1.54, 1.807) is 6.08 Å². The molecule has 0 heterocycles. The highest BCUT2D eigenvalue weighted by atomic mass is 14.8. The van der Waals surface area contributed by atoms with E-state index in [4.69, 9.17) is 5.41 Å². The van der Waals surface area contributed by atoms with Crippen molar-refractivity contribution in [1.29, 1.82) is 5.41 Å². The van der Waals surface area contributed by atoms with Gasteiger partial charge in [-0.1, -0.05) is 39.0 Å². The van der Waals surface area contributed by atoms with Crippen LogP contribution in [0.3, 0.4) is 0 Å². The molecule has 0 radical (unpaired) electrons. The van der Waals surface area contributed by atoms with Crippen LogP contribution in [-0.4, -0.2) is 12.1 Å². The van der Waals surface area contributed by atoms with Gasteiger partial charge in [0, 0.05) is 5.71 Å². The molecule has 0 aromatic heterocycles. The van der Waals surface area contributed by atoms with Gasteiger partial charge in [-0.15, -0.1) is 0 Å². The summed E-state index contributed by atoms with van der Waals surface area (Å²) in [5.74, 6) is 0.415. The number of hydrogen-bond acceptors (Lipinski definition) is 1. The van der Waals surface area contributed by atoms with E-state index in [1.165, 1.54) is 0 Å². The van der Waals surface area contributed by atoms with E-state index in [2.05, 4.69) is 25.4 Å². The summed E-state index contributed by atoms with van der Waals surface area (Å²) in [4.78, 5) is 4.10. The predicted octanol–water partition coefficient (Wildman–Crippen LogP) is 3.60. The highest BCUT2D eigenvalue weighted by Gasteiger charge is 2.10. The predicted molar refractivity (Wildman–Crippen MR) is 64.2 cm³/mol. The second-order valence-corrected chi connectivity index (χ2v) is 3.42. The third-order valence-electron chi connectivity index (χ3n) is 2.16. The van der Waals surface area contributed by atoms with Crippen molar-refractivity contribution in [3.63, 3.8) is 0 Å². The minimum absolute atomic E-state index is 0.415. The van der Waals surface area contributed by atoms with Crippen LogP contribution in [0.5, 0.6) is 0 Å². The molecule has 78 valence electrons. The van der Waals surface area contributed by atoms with Gasteiger partial charge in [0.1, 0.15) is 6.34 Å². The monoisotopic (exact) mass is 192 g/mol. The average molecular weight is 192 g/mol. The minimum Gasteiger partial charge on any atom is -0.290 e. The summed E-state index contributed by atoms with van der Waals surface area (Å²) in [7, 11) is 0. The zero-order valence-corrected chi connectivity index (χ0v) is 9.38. The van der Waals surface area contributed by atoms with Gasteiger partial charge in [0.25, 0.3) is 0 Å². The maximum Gasteiger partial charge on any atom is 0.107 e. The van der Waals surface area contributed by atoms with Crippen LogP contribution in [0.1, 0.15) is 33.6 Å². The molecule has 0 aliphatic carbocycles. The number of allylic oxidation sites excluding steroid dienone is 3. The Morgan fingerprint density at radius 1 is 1.57 bits per heavy atom. The summed E-state index contributed by atoms with van der Waals surface area (Å²) < 4.78 is 0. The molecule has 0 aliphatic heterocycles. The van der Waals surface area contributed by atoms with E-state index in [0.29, 0.717) is 5.92 Å². The molecule has 0 fully saturated rings. The highest BCUT2D eigenvalue weighted by Crippen LogP contribution is 2.13. The quantitative estimate of drug-likeness (QED) is 0.379. The fourth-order valence-corrected chi connectivity index (χ4v) is 1.52. The first kappa shape index (κ1) is 12.8. The third-order valence-corrected chi connectivity index (χ3v) is 2.16. The molecule has 0 amide bonds. The van der Waals surface area contributed by atoms with Gasteiger partial charge < -0.3 is 0 Å². The summed E-state index contributed by atoms with van der Waals surface area (Å²) in [6.45, 7) is 9.97. The van der Waals surface area contributed by atoms with E-state index in [9.17, 15) is 0 Å². The number of hydrogen-bond donors (Lipinski definition) is 1. The summed E-state index contributed by atoms with van der Waals surface area (Å²) in [6.07, 6.45) is 7.05. The highest BCUT2D eigenvalue weighted by molar-refractivity contribution is 6.04. The molecule has 0 aromatic carbocycles. The van der Waals surface area contributed by atoms with Crippen LogP contribution in [-0.2, 0) is 0 Å². The van der Waals surface area contributed by atoms with Crippen LogP contribution < -0.4 is 0 Å². The van der Waals surface area contributed by atoms with Gasteiger partial charge in [-0.05, 0) is 24.8 Å². The van der Waals surface area contributed by atoms with Crippen molar-refractivity contribution < 1.29 is 0 Å². The van der Waals surface area contributed by atoms with Crippen molar-refractivity contribution in [2.75, 3.05) is 0 Å². The Kier molecular flexibility index (Phi) is 6.63. The van der Waals surface area contributed by atoms with Crippen LogP contribution in [0.25, 0.3) is 0 Å². The lowest BCUT2D eigenvalue weighted by molar-refractivity contribution is 0.667. The normalized spacial score (nSPS) is 15.1. The Bertz CT molecular complexity index is 249. The molecular formula is C12H20N2. The Balaban J connectivity index is 4.76. The smallest absolute Gasteiger partial charge is 0.107 e. The second kappa shape index (κ2) is 7.25. The van der Waals surface area contributed by atoms with Gasteiger partial charge in [0.2, 0.25) is 0 Å². The lowest BCUT2D eigenvalue weighted by atomic mass is 9.95. The molecule has 0 bridgehead atoms. The SMILES string of the molecule is C=CC=C(C)C(=NC=N)C(C)CCC. The fraction of sp³-hybridized carbons (Fsp3) is 0.500. The molecule has 0 saturated carbocycles. The van der Waals surface area contributed by atoms with E-state index >= 15 is 0 Å². The Labute approximate surface area is 87.0 Å². The maximum atomic E-state index is 7.02. The first-order valence-corrected chi connectivity index (χ1v) is 5.03. The summed E-state index contributed by atoms with van der Waals surface area (Å²) in [5, 5.41) is 7.02. The van der Waals surface area contributed by atoms with Gasteiger partial charge in [-0.2, -0.15) is 0 Å². The van der Waals surface area contributed by atoms with Crippen molar-refractivity contribution in [3.05, 3.63) is 24.3 Å². The topological polar surface area (TPSA) is 36.2 Å². The molecule has 2 nitrogen and oxygen atoms in total. The van der Waals surface area contributed by atoms with Crippen LogP contribution >= 0.6 is 0 Å². The fourth-order valence-electron chi connectivity index (χ4n) is 1.52. The van der Waals surface area contributed by atoms with Crippen molar-refractivity contribution >= 4 is 12.1 Å². The molecule has 1 atom stereocenters. The Morgan fingerprint density at radius 3 is 2.64 bits per heavy atom. The lowest BCUT2D eigenvalue weighted by Gasteiger charge is -2.13. The number of nitrogens with one attached hydrogen (secondary N) is 1. The van der Waals surface area contributed by atoms with E-state index in [0.717, 1.165) is 30.5 Å². The molecule has 0 spiro atoms. The van der Waals surface area contributed by atoms with Crippen molar-refractivity contribution in [3.8, 4) is 0 Å². The summed E-state index contributed by atoms with van der Waals surface area (Å²) >= 11 is 0. The van der Waals surface area contributed by atoms with Crippen molar-refractivity contribution in [2.24, 2.45) is 10.9 Å². The average Bonchev–Trinajstić information content (AvgIpc) is 2.14. The maximum absolute atomic E-state index is 7.02. The second-order valence-electron chi connectivity index (χ2n) is 3.42. The van der Waals surface area contributed by atoms with Crippen LogP contribution in [0.4, 0.5) is 0 Å². The minimum atomic E-state index is 0.415. The molecule has 1 N–H and O–H groups in total. The Hall–Kier alpha value is -1.18. The standard InChI is InChI=1S/C12H20N2/c1-5-7-10(3)12(14-9-13)11(4)8-6-2/h5,7,9,11,13H,1,6,8H2,2-4H3. The van der Waals surface area contributed by atoms with E-state index in [-0.39, 0.29) is 0 Å². The zero-order chi connectivity index (χ0) is 11.0. The first-order chi connectivity index (χ1) is 6.67. The largest absolute Gasteiger partial charge is 0.290 e. The van der Waals surface area contributed by atoms with Crippen LogP contribution in [0.2, 0.25) is 0 Å². The first-order valence-electron chi connectivity index (χ1n) is 5.03. The van der Waals surface area contributed by atoms with Gasteiger partial charge >= 0.3 is 0 Å². The molecular weight excluding hydrogens is 172 g/mol. The lowest BCUT2D eigenvalue weighted by Crippen LogP contribution is -2.12.